The molecular weight excluding hydrogens is 332 g/mol. The van der Waals surface area contributed by atoms with E-state index in [4.69, 9.17) is 4.74 Å². The number of nitrogens with zero attached hydrogens (tertiary/aromatic N) is 2. The third-order valence-corrected chi connectivity index (χ3v) is 4.41. The van der Waals surface area contributed by atoms with Gasteiger partial charge in [-0.25, -0.2) is 0 Å². The summed E-state index contributed by atoms with van der Waals surface area (Å²) in [4.78, 5) is 26.3. The maximum absolute atomic E-state index is 12.3. The molecule has 0 spiro atoms. The van der Waals surface area contributed by atoms with Gasteiger partial charge in [-0.05, 0) is 24.3 Å². The first-order valence-electron chi connectivity index (χ1n) is 8.40. The maximum atomic E-state index is 12.3. The summed E-state index contributed by atoms with van der Waals surface area (Å²) >= 11 is 0. The highest BCUT2D eigenvalue weighted by molar-refractivity contribution is 5.97. The van der Waals surface area contributed by atoms with Crippen molar-refractivity contribution in [1.29, 1.82) is 0 Å². The molecule has 2 aromatic carbocycles. The van der Waals surface area contributed by atoms with E-state index in [0.29, 0.717) is 25.2 Å². The number of nitrogens with one attached hydrogen (secondary N) is 2. The number of hydrogen-bond donors (Lipinski definition) is 2. The number of fused-ring (bicyclic) bond motifs is 2. The number of H-pyrrole nitrogens is 1. The van der Waals surface area contributed by atoms with Gasteiger partial charge in [-0.3, -0.25) is 14.7 Å². The van der Waals surface area contributed by atoms with E-state index in [1.54, 1.807) is 23.2 Å². The van der Waals surface area contributed by atoms with E-state index in [9.17, 15) is 9.59 Å². The topological polar surface area (TPSA) is 87.3 Å². The quantitative estimate of drug-likeness (QED) is 0.750. The minimum atomic E-state index is -0.174. The van der Waals surface area contributed by atoms with Gasteiger partial charge in [0.1, 0.15) is 5.75 Å². The lowest BCUT2D eigenvalue weighted by molar-refractivity contribution is -0.133. The Labute approximate surface area is 149 Å². The summed E-state index contributed by atoms with van der Waals surface area (Å²) in [6.45, 7) is 1.29. The molecule has 26 heavy (non-hydrogen) atoms. The number of amides is 2. The van der Waals surface area contributed by atoms with Gasteiger partial charge in [-0.15, -0.1) is 0 Å². The average Bonchev–Trinajstić information content (AvgIpc) is 3.07. The van der Waals surface area contributed by atoms with Crippen LogP contribution in [0.4, 0.5) is 0 Å². The number of para-hydroxylation sites is 1. The van der Waals surface area contributed by atoms with Crippen molar-refractivity contribution in [2.24, 2.45) is 0 Å². The van der Waals surface area contributed by atoms with Crippen LogP contribution in [-0.2, 0) is 11.3 Å². The van der Waals surface area contributed by atoms with E-state index < -0.39 is 0 Å². The van der Waals surface area contributed by atoms with E-state index in [0.717, 1.165) is 22.2 Å². The Bertz CT molecular complexity index is 966. The number of benzene rings is 2. The van der Waals surface area contributed by atoms with E-state index in [1.807, 2.05) is 30.3 Å². The Morgan fingerprint density at radius 3 is 3.08 bits per heavy atom. The fourth-order valence-electron chi connectivity index (χ4n) is 2.99. The van der Waals surface area contributed by atoms with Gasteiger partial charge in [0.15, 0.2) is 6.61 Å². The molecule has 4 rings (SSSR count). The van der Waals surface area contributed by atoms with Gasteiger partial charge in [0, 0.05) is 36.1 Å². The number of aromatic nitrogens is 2. The zero-order chi connectivity index (χ0) is 17.9. The minimum Gasteiger partial charge on any atom is -0.483 e. The number of ether oxygens (including phenoxy) is 1. The Morgan fingerprint density at radius 1 is 1.27 bits per heavy atom. The summed E-state index contributed by atoms with van der Waals surface area (Å²) in [6, 6.07) is 13.0. The lowest BCUT2D eigenvalue weighted by Crippen LogP contribution is -2.39. The molecule has 0 fully saturated rings. The normalized spacial score (nSPS) is 13.8. The molecule has 2 amide bonds. The van der Waals surface area contributed by atoms with Crippen LogP contribution in [0.25, 0.3) is 10.9 Å². The zero-order valence-electron chi connectivity index (χ0n) is 14.1. The predicted octanol–water partition coefficient (Wildman–Crippen LogP) is 1.71. The van der Waals surface area contributed by atoms with Crippen LogP contribution in [0.3, 0.4) is 0 Å². The molecular formula is C19H18N4O3. The van der Waals surface area contributed by atoms with Crippen LogP contribution in [0.5, 0.6) is 5.75 Å². The van der Waals surface area contributed by atoms with Crippen molar-refractivity contribution in [2.75, 3.05) is 19.7 Å². The zero-order valence-corrected chi connectivity index (χ0v) is 14.1. The molecule has 2 heterocycles. The number of aromatic amines is 1. The fraction of sp³-hybridized carbons (Fsp3) is 0.211. The van der Waals surface area contributed by atoms with Crippen molar-refractivity contribution in [3.63, 3.8) is 0 Å². The summed E-state index contributed by atoms with van der Waals surface area (Å²) in [5.74, 6) is 0.475. The van der Waals surface area contributed by atoms with Gasteiger partial charge in [0.2, 0.25) is 0 Å². The van der Waals surface area contributed by atoms with Gasteiger partial charge in [0.05, 0.1) is 11.7 Å². The molecule has 2 N–H and O–H groups in total. The number of carbonyl (C=O) groups excluding carboxylic acids is 2. The van der Waals surface area contributed by atoms with Crippen LogP contribution in [0, 0.1) is 0 Å². The summed E-state index contributed by atoms with van der Waals surface area (Å²) in [7, 11) is 0. The van der Waals surface area contributed by atoms with Crippen LogP contribution in [-0.4, -0.2) is 46.6 Å². The molecule has 0 bridgehead atoms. The first-order chi connectivity index (χ1) is 12.7. The van der Waals surface area contributed by atoms with Gasteiger partial charge < -0.3 is 15.0 Å². The first-order valence-corrected chi connectivity index (χ1v) is 8.40. The van der Waals surface area contributed by atoms with Crippen molar-refractivity contribution in [3.05, 3.63) is 59.8 Å². The van der Waals surface area contributed by atoms with E-state index in [2.05, 4.69) is 15.5 Å². The molecule has 7 heteroatoms. The number of rotatable bonds is 4. The molecule has 0 saturated carbocycles. The highest BCUT2D eigenvalue weighted by atomic mass is 16.5. The van der Waals surface area contributed by atoms with Crippen molar-refractivity contribution < 1.29 is 14.3 Å². The Kier molecular flexibility index (Phi) is 4.27. The second-order valence-electron chi connectivity index (χ2n) is 6.14. The van der Waals surface area contributed by atoms with Crippen molar-refractivity contribution in [1.82, 2.24) is 20.4 Å². The van der Waals surface area contributed by atoms with Gasteiger partial charge in [-0.1, -0.05) is 18.2 Å². The van der Waals surface area contributed by atoms with Crippen LogP contribution in [0.1, 0.15) is 15.9 Å². The molecule has 7 nitrogen and oxygen atoms in total. The molecule has 3 aromatic rings. The van der Waals surface area contributed by atoms with Gasteiger partial charge >= 0.3 is 0 Å². The lowest BCUT2D eigenvalue weighted by atomic mass is 10.1. The lowest BCUT2D eigenvalue weighted by Gasteiger charge is -2.20. The molecule has 0 saturated heterocycles. The Hall–Kier alpha value is -3.35. The Morgan fingerprint density at radius 2 is 2.15 bits per heavy atom. The standard InChI is InChI=1S/C19H18N4O3/c24-18-12-26-17-4-2-1-3-14(17)11-23(18)8-7-20-19(25)13-5-6-16-15(9-13)10-21-22-16/h1-6,9-10H,7-8,11-12H2,(H,20,25)(H,21,22). The van der Waals surface area contributed by atoms with Crippen molar-refractivity contribution >= 4 is 22.7 Å². The minimum absolute atomic E-state index is 0.0160. The molecule has 1 aromatic heterocycles. The monoisotopic (exact) mass is 350 g/mol. The largest absolute Gasteiger partial charge is 0.483 e. The van der Waals surface area contributed by atoms with Crippen LogP contribution in [0.15, 0.2) is 48.7 Å². The van der Waals surface area contributed by atoms with Crippen LogP contribution in [0.2, 0.25) is 0 Å². The molecule has 0 radical (unpaired) electrons. The van der Waals surface area contributed by atoms with Crippen LogP contribution < -0.4 is 10.1 Å². The maximum Gasteiger partial charge on any atom is 0.260 e. The van der Waals surface area contributed by atoms with Crippen molar-refractivity contribution in [3.8, 4) is 5.75 Å². The second-order valence-corrected chi connectivity index (χ2v) is 6.14. The molecule has 0 aliphatic carbocycles. The SMILES string of the molecule is O=C(NCCN1Cc2ccccc2OCC1=O)c1ccc2[nH]ncc2c1. The summed E-state index contributed by atoms with van der Waals surface area (Å²) in [6.07, 6.45) is 1.68. The van der Waals surface area contributed by atoms with E-state index in [-0.39, 0.29) is 18.4 Å². The molecule has 1 aliphatic heterocycles. The molecule has 0 unspecified atom stereocenters. The van der Waals surface area contributed by atoms with E-state index in [1.165, 1.54) is 0 Å². The van der Waals surface area contributed by atoms with Crippen molar-refractivity contribution in [2.45, 2.75) is 6.54 Å². The third-order valence-electron chi connectivity index (χ3n) is 4.41. The van der Waals surface area contributed by atoms with Gasteiger partial charge in [-0.2, -0.15) is 5.10 Å². The molecule has 0 atom stereocenters. The molecule has 1 aliphatic rings. The number of hydrogen-bond acceptors (Lipinski definition) is 4. The average molecular weight is 350 g/mol. The van der Waals surface area contributed by atoms with E-state index >= 15 is 0 Å². The summed E-state index contributed by atoms with van der Waals surface area (Å²) < 4.78 is 5.53. The first kappa shape index (κ1) is 16.1. The Balaban J connectivity index is 1.37. The van der Waals surface area contributed by atoms with Crippen LogP contribution >= 0.6 is 0 Å². The summed E-state index contributed by atoms with van der Waals surface area (Å²) in [5.41, 5.74) is 2.42. The number of carbonyl (C=O) groups is 2. The predicted molar refractivity (Wildman–Crippen MR) is 95.8 cm³/mol. The third kappa shape index (κ3) is 3.23. The fourth-order valence-corrected chi connectivity index (χ4v) is 2.99. The highest BCUT2D eigenvalue weighted by Crippen LogP contribution is 2.22. The highest BCUT2D eigenvalue weighted by Gasteiger charge is 2.21. The van der Waals surface area contributed by atoms with Gasteiger partial charge in [0.25, 0.3) is 11.8 Å². The second kappa shape index (κ2) is 6.87. The smallest absolute Gasteiger partial charge is 0.260 e. The molecule has 132 valence electrons. The summed E-state index contributed by atoms with van der Waals surface area (Å²) in [5, 5.41) is 10.5.